The average Bonchev–Trinajstić information content (AvgIpc) is 2.30. The fraction of sp³-hybridized carbons (Fsp3) is 0.0833. The zero-order valence-corrected chi connectivity index (χ0v) is 9.22. The maximum absolute atomic E-state index is 11.7. The van der Waals surface area contributed by atoms with E-state index in [9.17, 15) is 4.79 Å². The Balaban J connectivity index is 2.04. The van der Waals surface area contributed by atoms with Gasteiger partial charge in [0, 0.05) is 23.9 Å². The van der Waals surface area contributed by atoms with Crippen molar-refractivity contribution in [1.29, 1.82) is 0 Å². The van der Waals surface area contributed by atoms with Gasteiger partial charge in [0.2, 0.25) is 0 Å². The molecule has 0 unspecified atom stereocenters. The first kappa shape index (κ1) is 10.8. The quantitative estimate of drug-likeness (QED) is 0.746. The largest absolute Gasteiger partial charge is 0.423 e. The van der Waals surface area contributed by atoms with Crippen molar-refractivity contribution in [3.8, 4) is 5.75 Å². The molecule has 0 aliphatic carbocycles. The van der Waals surface area contributed by atoms with Crippen LogP contribution in [0.2, 0.25) is 0 Å². The molecule has 1 aliphatic heterocycles. The van der Waals surface area contributed by atoms with Crippen LogP contribution in [-0.2, 0) is 0 Å². The SMILES string of the molecule is O=C(Oc1ccccc1)N1C=CCC(Cl)=C1. The first-order chi connectivity index (χ1) is 7.75. The van der Waals surface area contributed by atoms with Gasteiger partial charge in [-0.25, -0.2) is 4.79 Å². The van der Waals surface area contributed by atoms with Crippen molar-refractivity contribution in [1.82, 2.24) is 4.90 Å². The number of ether oxygens (including phenoxy) is 1. The average molecular weight is 236 g/mol. The molecule has 3 nitrogen and oxygen atoms in total. The number of hydrogen-bond acceptors (Lipinski definition) is 2. The topological polar surface area (TPSA) is 29.5 Å². The van der Waals surface area contributed by atoms with Crippen molar-refractivity contribution in [2.24, 2.45) is 0 Å². The van der Waals surface area contributed by atoms with Crippen LogP contribution in [0.3, 0.4) is 0 Å². The van der Waals surface area contributed by atoms with Gasteiger partial charge in [-0.2, -0.15) is 0 Å². The van der Waals surface area contributed by atoms with E-state index in [1.807, 2.05) is 6.07 Å². The lowest BCUT2D eigenvalue weighted by Crippen LogP contribution is -2.25. The van der Waals surface area contributed by atoms with Gasteiger partial charge in [0.15, 0.2) is 0 Å². The molecule has 4 heteroatoms. The maximum Gasteiger partial charge on any atom is 0.423 e. The number of nitrogens with zero attached hydrogens (tertiary/aromatic N) is 1. The predicted octanol–water partition coefficient (Wildman–Crippen LogP) is 3.49. The van der Waals surface area contributed by atoms with Crippen molar-refractivity contribution in [2.45, 2.75) is 6.42 Å². The summed E-state index contributed by atoms with van der Waals surface area (Å²) in [6, 6.07) is 8.90. The van der Waals surface area contributed by atoms with Crippen LogP contribution >= 0.6 is 11.6 Å². The Labute approximate surface area is 98.6 Å². The second-order valence-electron chi connectivity index (χ2n) is 3.25. The minimum absolute atomic E-state index is 0.472. The Morgan fingerprint density at radius 3 is 2.75 bits per heavy atom. The fourth-order valence-corrected chi connectivity index (χ4v) is 1.48. The van der Waals surface area contributed by atoms with Crippen LogP contribution in [0.5, 0.6) is 5.75 Å². The van der Waals surface area contributed by atoms with Gasteiger partial charge >= 0.3 is 6.09 Å². The molecule has 1 heterocycles. The van der Waals surface area contributed by atoms with E-state index in [4.69, 9.17) is 16.3 Å². The minimum Gasteiger partial charge on any atom is -0.410 e. The number of carbonyl (C=O) groups excluding carboxylic acids is 1. The van der Waals surface area contributed by atoms with E-state index in [2.05, 4.69) is 0 Å². The zero-order valence-electron chi connectivity index (χ0n) is 8.47. The van der Waals surface area contributed by atoms with E-state index in [0.29, 0.717) is 17.2 Å². The van der Waals surface area contributed by atoms with Gasteiger partial charge in [0.1, 0.15) is 5.75 Å². The Kier molecular flexibility index (Phi) is 3.27. The summed E-state index contributed by atoms with van der Waals surface area (Å²) in [5.41, 5.74) is 0. The third-order valence-electron chi connectivity index (χ3n) is 2.02. The standard InChI is InChI=1S/C12H10ClNO2/c13-10-5-4-8-14(9-10)12(15)16-11-6-2-1-3-7-11/h1-4,6-9H,5H2. The van der Waals surface area contributed by atoms with Gasteiger partial charge in [-0.3, -0.25) is 4.90 Å². The van der Waals surface area contributed by atoms with Gasteiger partial charge < -0.3 is 4.74 Å². The lowest BCUT2D eigenvalue weighted by molar-refractivity contribution is 0.181. The number of rotatable bonds is 1. The Bertz CT molecular complexity index is 440. The van der Waals surface area contributed by atoms with E-state index < -0.39 is 6.09 Å². The van der Waals surface area contributed by atoms with Gasteiger partial charge in [-0.15, -0.1) is 0 Å². The molecule has 0 radical (unpaired) electrons. The number of allylic oxidation sites excluding steroid dienone is 2. The summed E-state index contributed by atoms with van der Waals surface area (Å²) < 4.78 is 5.13. The smallest absolute Gasteiger partial charge is 0.410 e. The van der Waals surface area contributed by atoms with E-state index >= 15 is 0 Å². The molecule has 0 atom stereocenters. The van der Waals surface area contributed by atoms with Gasteiger partial charge in [0.25, 0.3) is 0 Å². The molecular formula is C12H10ClNO2. The Hall–Kier alpha value is -1.74. The monoisotopic (exact) mass is 235 g/mol. The number of hydrogen-bond donors (Lipinski definition) is 0. The second kappa shape index (κ2) is 4.86. The Morgan fingerprint density at radius 1 is 1.31 bits per heavy atom. The second-order valence-corrected chi connectivity index (χ2v) is 3.74. The van der Waals surface area contributed by atoms with Crippen LogP contribution in [0.1, 0.15) is 6.42 Å². The maximum atomic E-state index is 11.7. The van der Waals surface area contributed by atoms with E-state index in [1.165, 1.54) is 4.90 Å². The summed E-state index contributed by atoms with van der Waals surface area (Å²) in [4.78, 5) is 13.0. The third kappa shape index (κ3) is 2.64. The summed E-state index contributed by atoms with van der Waals surface area (Å²) in [7, 11) is 0. The minimum atomic E-state index is -0.472. The highest BCUT2D eigenvalue weighted by Gasteiger charge is 2.13. The van der Waals surface area contributed by atoms with E-state index in [-0.39, 0.29) is 0 Å². The van der Waals surface area contributed by atoms with Crippen LogP contribution in [0, 0.1) is 0 Å². The third-order valence-corrected chi connectivity index (χ3v) is 2.27. The predicted molar refractivity (Wildman–Crippen MR) is 62.0 cm³/mol. The van der Waals surface area contributed by atoms with Crippen LogP contribution in [0.4, 0.5) is 4.79 Å². The van der Waals surface area contributed by atoms with Crippen LogP contribution < -0.4 is 4.74 Å². The summed E-state index contributed by atoms with van der Waals surface area (Å²) in [6.07, 6.45) is 5.16. The molecule has 16 heavy (non-hydrogen) atoms. The van der Waals surface area contributed by atoms with Crippen molar-refractivity contribution >= 4 is 17.7 Å². The molecule has 1 aliphatic rings. The van der Waals surface area contributed by atoms with Crippen LogP contribution in [-0.4, -0.2) is 11.0 Å². The number of para-hydroxylation sites is 1. The van der Waals surface area contributed by atoms with Crippen molar-refractivity contribution in [2.75, 3.05) is 0 Å². The van der Waals surface area contributed by atoms with Crippen molar-refractivity contribution in [3.05, 3.63) is 53.8 Å². The van der Waals surface area contributed by atoms with Crippen molar-refractivity contribution in [3.63, 3.8) is 0 Å². The van der Waals surface area contributed by atoms with Crippen LogP contribution in [0.15, 0.2) is 53.8 Å². The molecule has 0 aromatic heterocycles. The molecule has 0 fully saturated rings. The normalized spacial score (nSPS) is 14.6. The molecule has 1 aromatic carbocycles. The van der Waals surface area contributed by atoms with E-state index in [1.54, 1.807) is 42.7 Å². The highest BCUT2D eigenvalue weighted by molar-refractivity contribution is 6.29. The molecule has 0 spiro atoms. The van der Waals surface area contributed by atoms with E-state index in [0.717, 1.165) is 0 Å². The first-order valence-electron chi connectivity index (χ1n) is 4.84. The first-order valence-corrected chi connectivity index (χ1v) is 5.21. The molecule has 1 aromatic rings. The molecule has 0 bridgehead atoms. The number of carbonyl (C=O) groups is 1. The molecule has 2 rings (SSSR count). The van der Waals surface area contributed by atoms with Gasteiger partial charge in [-0.05, 0) is 12.1 Å². The Morgan fingerprint density at radius 2 is 2.06 bits per heavy atom. The lowest BCUT2D eigenvalue weighted by atomic mass is 10.3. The highest BCUT2D eigenvalue weighted by Crippen LogP contribution is 2.17. The summed E-state index contributed by atoms with van der Waals surface area (Å²) in [5, 5.41) is 0.604. The summed E-state index contributed by atoms with van der Waals surface area (Å²) in [5.74, 6) is 0.510. The molecular weight excluding hydrogens is 226 g/mol. The molecule has 1 amide bonds. The zero-order chi connectivity index (χ0) is 11.4. The molecule has 82 valence electrons. The summed E-state index contributed by atoms with van der Waals surface area (Å²) >= 11 is 5.82. The summed E-state index contributed by atoms with van der Waals surface area (Å²) in [6.45, 7) is 0. The lowest BCUT2D eigenvalue weighted by Gasteiger charge is -2.16. The number of amides is 1. The van der Waals surface area contributed by atoms with Gasteiger partial charge in [0.05, 0.1) is 0 Å². The van der Waals surface area contributed by atoms with Crippen molar-refractivity contribution < 1.29 is 9.53 Å². The number of halogens is 1. The highest BCUT2D eigenvalue weighted by atomic mass is 35.5. The number of benzene rings is 1. The molecule has 0 saturated heterocycles. The molecule has 0 N–H and O–H groups in total. The van der Waals surface area contributed by atoms with Crippen LogP contribution in [0.25, 0.3) is 0 Å². The molecule has 0 saturated carbocycles. The van der Waals surface area contributed by atoms with Gasteiger partial charge in [-0.1, -0.05) is 35.9 Å². The fourth-order valence-electron chi connectivity index (χ4n) is 1.28.